The van der Waals surface area contributed by atoms with Gasteiger partial charge in [0.05, 0.1) is 18.3 Å². The Morgan fingerprint density at radius 1 is 1.16 bits per heavy atom. The molecule has 3 heterocycles. The van der Waals surface area contributed by atoms with E-state index < -0.39 is 11.6 Å². The van der Waals surface area contributed by atoms with Crippen LogP contribution in [0, 0.1) is 4.77 Å². The first-order valence-corrected chi connectivity index (χ1v) is 10.6. The number of hydrogen-bond acceptors (Lipinski definition) is 5. The Morgan fingerprint density at radius 2 is 1.94 bits per heavy atom. The highest BCUT2D eigenvalue weighted by atomic mass is 32.1. The third-order valence-corrected chi connectivity index (χ3v) is 5.96. The SMILES string of the molecule is CCOc1ccc(-n2c(O)c([C@@H]3NCCc4c3[nH]c3ccccc43)c(=O)[nH]c2=S)cc1. The number of nitrogens with one attached hydrogen (secondary N) is 3. The first-order chi connectivity index (χ1) is 15.1. The van der Waals surface area contributed by atoms with Crippen LogP contribution in [0.2, 0.25) is 0 Å². The number of aromatic nitrogens is 3. The van der Waals surface area contributed by atoms with Crippen LogP contribution >= 0.6 is 12.2 Å². The summed E-state index contributed by atoms with van der Waals surface area (Å²) in [5, 5.41) is 15.7. The van der Waals surface area contributed by atoms with Crippen molar-refractivity contribution in [1.29, 1.82) is 0 Å². The summed E-state index contributed by atoms with van der Waals surface area (Å²) >= 11 is 5.37. The lowest BCUT2D eigenvalue weighted by molar-refractivity contribution is 0.340. The Morgan fingerprint density at radius 3 is 2.71 bits per heavy atom. The number of fused-ring (bicyclic) bond motifs is 3. The third kappa shape index (κ3) is 3.24. The molecule has 0 spiro atoms. The molecule has 158 valence electrons. The minimum Gasteiger partial charge on any atom is -0.494 e. The van der Waals surface area contributed by atoms with E-state index in [4.69, 9.17) is 17.0 Å². The molecule has 0 fully saturated rings. The average Bonchev–Trinajstić information content (AvgIpc) is 3.14. The fourth-order valence-corrected chi connectivity index (χ4v) is 4.61. The van der Waals surface area contributed by atoms with Crippen LogP contribution in [0.5, 0.6) is 11.6 Å². The summed E-state index contributed by atoms with van der Waals surface area (Å²) in [6.45, 7) is 3.17. The molecule has 0 saturated carbocycles. The molecule has 4 aromatic rings. The molecule has 1 aliphatic rings. The van der Waals surface area contributed by atoms with Crippen LogP contribution < -0.4 is 15.6 Å². The molecule has 0 radical (unpaired) electrons. The van der Waals surface area contributed by atoms with E-state index in [9.17, 15) is 9.90 Å². The number of ether oxygens (including phenoxy) is 1. The Hall–Kier alpha value is -3.36. The van der Waals surface area contributed by atoms with E-state index in [1.54, 1.807) is 24.3 Å². The summed E-state index contributed by atoms with van der Waals surface area (Å²) in [4.78, 5) is 19.1. The molecule has 0 amide bonds. The molecule has 0 saturated heterocycles. The first-order valence-electron chi connectivity index (χ1n) is 10.2. The molecular weight excluding hydrogens is 412 g/mol. The van der Waals surface area contributed by atoms with Crippen molar-refractivity contribution in [1.82, 2.24) is 19.9 Å². The first kappa shape index (κ1) is 19.6. The Bertz CT molecular complexity index is 1380. The van der Waals surface area contributed by atoms with Crippen molar-refractivity contribution < 1.29 is 9.84 Å². The van der Waals surface area contributed by atoms with Crippen molar-refractivity contribution in [2.24, 2.45) is 0 Å². The maximum Gasteiger partial charge on any atom is 0.260 e. The molecule has 5 rings (SSSR count). The molecular formula is C23H22N4O3S. The molecule has 1 atom stereocenters. The number of benzene rings is 2. The minimum atomic E-state index is -0.482. The summed E-state index contributed by atoms with van der Waals surface area (Å²) in [5.41, 5.74) is 3.52. The van der Waals surface area contributed by atoms with Crippen LogP contribution in [0.3, 0.4) is 0 Å². The van der Waals surface area contributed by atoms with Crippen molar-refractivity contribution in [3.05, 3.63) is 80.5 Å². The highest BCUT2D eigenvalue weighted by Gasteiger charge is 2.30. The van der Waals surface area contributed by atoms with E-state index >= 15 is 0 Å². The molecule has 7 nitrogen and oxygen atoms in total. The highest BCUT2D eigenvalue weighted by molar-refractivity contribution is 7.71. The Kier molecular flexibility index (Phi) is 4.88. The lowest BCUT2D eigenvalue weighted by Crippen LogP contribution is -2.35. The molecule has 1 aliphatic heterocycles. The second-order valence-electron chi connectivity index (χ2n) is 7.46. The monoisotopic (exact) mass is 434 g/mol. The number of para-hydroxylation sites is 1. The summed E-state index contributed by atoms with van der Waals surface area (Å²) in [6.07, 6.45) is 0.840. The van der Waals surface area contributed by atoms with Crippen LogP contribution in [0.15, 0.2) is 53.3 Å². The van der Waals surface area contributed by atoms with Crippen LogP contribution in [0.25, 0.3) is 16.6 Å². The zero-order chi connectivity index (χ0) is 21.5. The van der Waals surface area contributed by atoms with E-state index in [2.05, 4.69) is 21.4 Å². The molecule has 0 aliphatic carbocycles. The number of aromatic hydroxyl groups is 1. The number of hydrogen-bond donors (Lipinski definition) is 4. The molecule has 2 aromatic heterocycles. The van der Waals surface area contributed by atoms with E-state index in [1.807, 2.05) is 25.1 Å². The average molecular weight is 435 g/mol. The molecule has 0 bridgehead atoms. The van der Waals surface area contributed by atoms with Crippen LogP contribution in [0.1, 0.15) is 29.8 Å². The van der Waals surface area contributed by atoms with Gasteiger partial charge in [0.1, 0.15) is 11.3 Å². The Labute approximate surface area is 183 Å². The van der Waals surface area contributed by atoms with Gasteiger partial charge >= 0.3 is 0 Å². The molecule has 4 N–H and O–H groups in total. The van der Waals surface area contributed by atoms with Gasteiger partial charge in [-0.1, -0.05) is 18.2 Å². The van der Waals surface area contributed by atoms with Crippen molar-refractivity contribution in [2.45, 2.75) is 19.4 Å². The second-order valence-corrected chi connectivity index (χ2v) is 7.85. The van der Waals surface area contributed by atoms with Crippen LogP contribution in [0.4, 0.5) is 0 Å². The van der Waals surface area contributed by atoms with E-state index in [0.717, 1.165) is 34.3 Å². The number of aromatic amines is 2. The maximum absolute atomic E-state index is 12.9. The fraction of sp³-hybridized carbons (Fsp3) is 0.217. The standard InChI is InChI=1S/C23H22N4O3S/c1-2-30-14-9-7-13(8-10-14)27-22(29)18(21(28)26-23(27)31)20-19-16(11-12-24-20)15-5-3-4-6-17(15)25-19/h3-10,20,24-25,29H,2,11-12H2,1H3,(H,26,28,31)/t20-/m0/s1. The minimum absolute atomic E-state index is 0.128. The van der Waals surface area contributed by atoms with Gasteiger partial charge in [0.15, 0.2) is 4.77 Å². The largest absolute Gasteiger partial charge is 0.494 e. The summed E-state index contributed by atoms with van der Waals surface area (Å²) in [7, 11) is 0. The van der Waals surface area contributed by atoms with Gasteiger partial charge in [-0.05, 0) is 61.5 Å². The van der Waals surface area contributed by atoms with Gasteiger partial charge in [-0.2, -0.15) is 0 Å². The predicted molar refractivity (Wildman–Crippen MR) is 122 cm³/mol. The zero-order valence-electron chi connectivity index (χ0n) is 16.9. The van der Waals surface area contributed by atoms with Crippen molar-refractivity contribution in [3.63, 3.8) is 0 Å². The van der Waals surface area contributed by atoms with Gasteiger partial charge in [-0.3, -0.25) is 14.3 Å². The second kappa shape index (κ2) is 7.72. The zero-order valence-corrected chi connectivity index (χ0v) is 17.8. The topological polar surface area (TPSA) is 95.1 Å². The fourth-order valence-electron chi connectivity index (χ4n) is 4.32. The van der Waals surface area contributed by atoms with E-state index in [1.165, 1.54) is 4.57 Å². The highest BCUT2D eigenvalue weighted by Crippen LogP contribution is 2.35. The van der Waals surface area contributed by atoms with E-state index in [0.29, 0.717) is 18.8 Å². The van der Waals surface area contributed by atoms with Crippen LogP contribution in [-0.4, -0.2) is 32.8 Å². The van der Waals surface area contributed by atoms with E-state index in [-0.39, 0.29) is 16.2 Å². The lowest BCUT2D eigenvalue weighted by Gasteiger charge is -2.25. The predicted octanol–water partition coefficient (Wildman–Crippen LogP) is 3.72. The lowest BCUT2D eigenvalue weighted by atomic mass is 9.95. The normalized spacial score (nSPS) is 15.7. The molecule has 0 unspecified atom stereocenters. The van der Waals surface area contributed by atoms with Crippen molar-refractivity contribution >= 4 is 23.1 Å². The molecule has 2 aromatic carbocycles. The summed E-state index contributed by atoms with van der Waals surface area (Å²) in [5.74, 6) is 0.542. The van der Waals surface area contributed by atoms with Crippen LogP contribution in [-0.2, 0) is 6.42 Å². The summed E-state index contributed by atoms with van der Waals surface area (Å²) < 4.78 is 7.09. The smallest absolute Gasteiger partial charge is 0.260 e. The van der Waals surface area contributed by atoms with Gasteiger partial charge < -0.3 is 20.1 Å². The maximum atomic E-state index is 12.9. The molecule has 8 heteroatoms. The van der Waals surface area contributed by atoms with Gasteiger partial charge in [-0.25, -0.2) is 0 Å². The van der Waals surface area contributed by atoms with Gasteiger partial charge in [0.25, 0.3) is 5.56 Å². The van der Waals surface area contributed by atoms with Gasteiger partial charge in [0.2, 0.25) is 5.88 Å². The van der Waals surface area contributed by atoms with Gasteiger partial charge in [-0.15, -0.1) is 0 Å². The van der Waals surface area contributed by atoms with Crippen molar-refractivity contribution in [3.8, 4) is 17.3 Å². The summed E-state index contributed by atoms with van der Waals surface area (Å²) in [6, 6.07) is 14.8. The Balaban J connectivity index is 1.67. The number of rotatable bonds is 4. The third-order valence-electron chi connectivity index (χ3n) is 5.67. The number of nitrogens with zero attached hydrogens (tertiary/aromatic N) is 1. The van der Waals surface area contributed by atoms with Gasteiger partial charge in [0, 0.05) is 23.1 Å². The number of H-pyrrole nitrogens is 2. The van der Waals surface area contributed by atoms with Crippen molar-refractivity contribution in [2.75, 3.05) is 13.2 Å². The quantitative estimate of drug-likeness (QED) is 0.367. The molecule has 31 heavy (non-hydrogen) atoms.